The monoisotopic (exact) mass is 272 g/mol. The van der Waals surface area contributed by atoms with E-state index >= 15 is 0 Å². The van der Waals surface area contributed by atoms with Crippen LogP contribution < -0.4 is 8.92 Å². The molecule has 0 unspecified atom stereocenters. The van der Waals surface area contributed by atoms with Crippen molar-refractivity contribution < 1.29 is 35.6 Å². The van der Waals surface area contributed by atoms with E-state index in [1.807, 2.05) is 0 Å². The first kappa shape index (κ1) is 13.4. The molecule has 1 rings (SSSR count). The number of phenolic OH excluding ortho intramolecular Hbond substituents is 1. The van der Waals surface area contributed by atoms with Crippen molar-refractivity contribution in [2.45, 2.75) is 5.51 Å². The minimum atomic E-state index is -5.79. The van der Waals surface area contributed by atoms with Crippen LogP contribution >= 0.6 is 0 Å². The third kappa shape index (κ3) is 2.73. The lowest BCUT2D eigenvalue weighted by atomic mass is 10.3. The molecule has 0 aliphatic carbocycles. The maximum Gasteiger partial charge on any atom is 0.534 e. The number of methoxy groups -OCH3 is 1. The number of benzene rings is 1. The fourth-order valence-corrected chi connectivity index (χ4v) is 1.40. The number of halogens is 3. The summed E-state index contributed by atoms with van der Waals surface area (Å²) < 4.78 is 65.9. The first-order valence-corrected chi connectivity index (χ1v) is 5.46. The third-order valence-corrected chi connectivity index (χ3v) is 2.61. The molecule has 0 atom stereocenters. The predicted molar refractivity (Wildman–Crippen MR) is 50.3 cm³/mol. The van der Waals surface area contributed by atoms with Gasteiger partial charge in [-0.05, 0) is 12.1 Å². The van der Waals surface area contributed by atoms with Crippen LogP contribution in [-0.2, 0) is 10.1 Å². The van der Waals surface area contributed by atoms with E-state index in [4.69, 9.17) is 0 Å². The smallest absolute Gasteiger partial charge is 0.504 e. The van der Waals surface area contributed by atoms with Gasteiger partial charge in [-0.3, -0.25) is 0 Å². The fourth-order valence-electron chi connectivity index (χ4n) is 0.940. The van der Waals surface area contributed by atoms with Gasteiger partial charge in [0.05, 0.1) is 7.11 Å². The number of para-hydroxylation sites is 1. The molecule has 1 aromatic carbocycles. The van der Waals surface area contributed by atoms with E-state index in [0.717, 1.165) is 25.3 Å². The zero-order chi connectivity index (χ0) is 13.3. The Kier molecular flexibility index (Phi) is 3.41. The molecule has 0 fully saturated rings. The number of ether oxygens (including phenoxy) is 1. The van der Waals surface area contributed by atoms with Gasteiger partial charge in [-0.1, -0.05) is 6.07 Å². The largest absolute Gasteiger partial charge is 0.534 e. The Balaban J connectivity index is 3.17. The summed E-state index contributed by atoms with van der Waals surface area (Å²) in [7, 11) is -4.75. The Labute approximate surface area is 94.5 Å². The van der Waals surface area contributed by atoms with Crippen molar-refractivity contribution in [1.82, 2.24) is 0 Å². The Bertz CT molecular complexity index is 508. The van der Waals surface area contributed by atoms with E-state index < -0.39 is 32.9 Å². The van der Waals surface area contributed by atoms with Crippen LogP contribution in [0.1, 0.15) is 0 Å². The van der Waals surface area contributed by atoms with Gasteiger partial charge in [0.15, 0.2) is 11.5 Å². The second-order valence-corrected chi connectivity index (χ2v) is 4.33. The van der Waals surface area contributed by atoms with E-state index in [0.29, 0.717) is 0 Å². The Hall–Kier alpha value is -1.64. The van der Waals surface area contributed by atoms with Crippen molar-refractivity contribution in [3.05, 3.63) is 18.2 Å². The molecular formula is C8H7F3O5S. The van der Waals surface area contributed by atoms with Crippen LogP contribution in [0.15, 0.2) is 18.2 Å². The Morgan fingerprint density at radius 3 is 2.35 bits per heavy atom. The molecule has 1 aromatic rings. The molecule has 96 valence electrons. The summed E-state index contributed by atoms with van der Waals surface area (Å²) in [6.45, 7) is 0. The molecule has 1 N–H and O–H groups in total. The van der Waals surface area contributed by atoms with Crippen molar-refractivity contribution in [3.8, 4) is 17.2 Å². The summed E-state index contributed by atoms with van der Waals surface area (Å²) >= 11 is 0. The summed E-state index contributed by atoms with van der Waals surface area (Å²) in [5.74, 6) is -1.78. The number of alkyl halides is 3. The van der Waals surface area contributed by atoms with Crippen LogP contribution in [0.5, 0.6) is 17.2 Å². The van der Waals surface area contributed by atoms with E-state index in [1.165, 1.54) is 0 Å². The van der Waals surface area contributed by atoms with Crippen LogP contribution in [0, 0.1) is 0 Å². The molecule has 0 aromatic heterocycles. The highest BCUT2D eigenvalue weighted by molar-refractivity contribution is 7.88. The minimum absolute atomic E-state index is 0.500. The van der Waals surface area contributed by atoms with Gasteiger partial charge in [0.2, 0.25) is 5.75 Å². The molecule has 0 aliphatic rings. The standard InChI is InChI=1S/C8H7F3O5S/c1-15-7-5(12)3-2-4-6(7)16-17(13,14)8(9,10)11/h2-4,12H,1H3. The molecule has 0 saturated heterocycles. The number of hydrogen-bond acceptors (Lipinski definition) is 5. The van der Waals surface area contributed by atoms with Crippen molar-refractivity contribution in [2.24, 2.45) is 0 Å². The highest BCUT2D eigenvalue weighted by Crippen LogP contribution is 2.38. The SMILES string of the molecule is COc1c(O)cccc1OS(=O)(=O)C(F)(F)F. The van der Waals surface area contributed by atoms with Gasteiger partial charge >= 0.3 is 15.6 Å². The average Bonchev–Trinajstić information content (AvgIpc) is 2.15. The van der Waals surface area contributed by atoms with Crippen LogP contribution in [0.3, 0.4) is 0 Å². The molecule has 0 amide bonds. The highest BCUT2D eigenvalue weighted by Gasteiger charge is 2.49. The minimum Gasteiger partial charge on any atom is -0.504 e. The number of hydrogen-bond donors (Lipinski definition) is 1. The zero-order valence-corrected chi connectivity index (χ0v) is 9.17. The van der Waals surface area contributed by atoms with E-state index in [2.05, 4.69) is 8.92 Å². The number of aromatic hydroxyl groups is 1. The maximum absolute atomic E-state index is 12.0. The molecule has 0 bridgehead atoms. The first-order valence-electron chi connectivity index (χ1n) is 4.06. The summed E-state index contributed by atoms with van der Waals surface area (Å²) in [5.41, 5.74) is -5.55. The van der Waals surface area contributed by atoms with Gasteiger partial charge in [-0.15, -0.1) is 0 Å². The molecule has 5 nitrogen and oxygen atoms in total. The molecule has 0 spiro atoms. The zero-order valence-electron chi connectivity index (χ0n) is 8.35. The third-order valence-electron chi connectivity index (χ3n) is 1.65. The average molecular weight is 272 g/mol. The highest BCUT2D eigenvalue weighted by atomic mass is 32.2. The Morgan fingerprint density at radius 1 is 1.29 bits per heavy atom. The molecule has 17 heavy (non-hydrogen) atoms. The van der Waals surface area contributed by atoms with Gasteiger partial charge in [-0.25, -0.2) is 0 Å². The van der Waals surface area contributed by atoms with E-state index in [-0.39, 0.29) is 0 Å². The topological polar surface area (TPSA) is 72.8 Å². The van der Waals surface area contributed by atoms with Crippen molar-refractivity contribution in [1.29, 1.82) is 0 Å². The normalized spacial score (nSPS) is 12.2. The van der Waals surface area contributed by atoms with Crippen LogP contribution in [0.25, 0.3) is 0 Å². The van der Waals surface area contributed by atoms with Crippen LogP contribution in [0.4, 0.5) is 13.2 Å². The summed E-state index contributed by atoms with van der Waals surface area (Å²) in [4.78, 5) is 0. The van der Waals surface area contributed by atoms with Crippen molar-refractivity contribution in [2.75, 3.05) is 7.11 Å². The lowest BCUT2D eigenvalue weighted by molar-refractivity contribution is -0.0500. The molecular weight excluding hydrogens is 265 g/mol. The molecule has 0 radical (unpaired) electrons. The van der Waals surface area contributed by atoms with Gasteiger partial charge in [0, 0.05) is 0 Å². The number of rotatable bonds is 3. The van der Waals surface area contributed by atoms with E-state index in [9.17, 15) is 26.7 Å². The van der Waals surface area contributed by atoms with Crippen LogP contribution in [0.2, 0.25) is 0 Å². The molecule has 0 aliphatic heterocycles. The van der Waals surface area contributed by atoms with Gasteiger partial charge < -0.3 is 14.0 Å². The summed E-state index contributed by atoms with van der Waals surface area (Å²) in [5, 5.41) is 9.21. The maximum atomic E-state index is 12.0. The Morgan fingerprint density at radius 2 is 1.88 bits per heavy atom. The van der Waals surface area contributed by atoms with Crippen LogP contribution in [-0.4, -0.2) is 26.1 Å². The van der Waals surface area contributed by atoms with Crippen molar-refractivity contribution in [3.63, 3.8) is 0 Å². The van der Waals surface area contributed by atoms with Gasteiger partial charge in [0.1, 0.15) is 0 Å². The first-order chi connectivity index (χ1) is 7.69. The summed E-state index contributed by atoms with van der Waals surface area (Å²) in [6, 6.07) is 3.13. The molecule has 9 heteroatoms. The second kappa shape index (κ2) is 4.32. The summed E-state index contributed by atoms with van der Waals surface area (Å²) in [6.07, 6.45) is 0. The quantitative estimate of drug-likeness (QED) is 0.668. The van der Waals surface area contributed by atoms with Gasteiger partial charge in [-0.2, -0.15) is 21.6 Å². The van der Waals surface area contributed by atoms with E-state index in [1.54, 1.807) is 0 Å². The number of phenols is 1. The lowest BCUT2D eigenvalue weighted by Gasteiger charge is -2.12. The van der Waals surface area contributed by atoms with Gasteiger partial charge in [0.25, 0.3) is 0 Å². The fraction of sp³-hybridized carbons (Fsp3) is 0.250. The lowest BCUT2D eigenvalue weighted by Crippen LogP contribution is -2.28. The second-order valence-electron chi connectivity index (χ2n) is 2.79. The predicted octanol–water partition coefficient (Wildman–Crippen LogP) is 1.63. The van der Waals surface area contributed by atoms with Crippen molar-refractivity contribution >= 4 is 10.1 Å². The molecule has 0 heterocycles. The molecule has 0 saturated carbocycles.